The molecular weight excluding hydrogens is 286 g/mol. The molecular formula is C19H23N3O. The predicted molar refractivity (Wildman–Crippen MR) is 93.9 cm³/mol. The second-order valence-electron chi connectivity index (χ2n) is 6.12. The van der Waals surface area contributed by atoms with Gasteiger partial charge >= 0.3 is 0 Å². The Balaban J connectivity index is 1.70. The number of nitrogens with one attached hydrogen (secondary N) is 2. The van der Waals surface area contributed by atoms with Gasteiger partial charge in [0.2, 0.25) is 0 Å². The van der Waals surface area contributed by atoms with Gasteiger partial charge in [-0.15, -0.1) is 0 Å². The number of benzene rings is 2. The van der Waals surface area contributed by atoms with E-state index in [-0.39, 0.29) is 18.0 Å². The van der Waals surface area contributed by atoms with Crippen molar-refractivity contribution >= 4 is 17.3 Å². The van der Waals surface area contributed by atoms with Gasteiger partial charge in [-0.1, -0.05) is 30.3 Å². The van der Waals surface area contributed by atoms with Gasteiger partial charge in [0.1, 0.15) is 0 Å². The lowest BCUT2D eigenvalue weighted by Gasteiger charge is -2.27. The maximum Gasteiger partial charge on any atom is 0.253 e. The predicted octanol–water partition coefficient (Wildman–Crippen LogP) is 3.43. The molecule has 0 atom stereocenters. The van der Waals surface area contributed by atoms with E-state index in [9.17, 15) is 4.79 Å². The second-order valence-corrected chi connectivity index (χ2v) is 6.12. The van der Waals surface area contributed by atoms with Crippen molar-refractivity contribution < 1.29 is 4.79 Å². The molecule has 0 radical (unpaired) electrons. The van der Waals surface area contributed by atoms with Crippen LogP contribution >= 0.6 is 0 Å². The van der Waals surface area contributed by atoms with Crippen LogP contribution in [0.3, 0.4) is 0 Å². The molecule has 2 aromatic carbocycles. The van der Waals surface area contributed by atoms with Crippen molar-refractivity contribution in [3.63, 3.8) is 0 Å². The van der Waals surface area contributed by atoms with E-state index in [1.807, 2.05) is 54.6 Å². The first-order valence-corrected chi connectivity index (χ1v) is 8.20. The zero-order valence-corrected chi connectivity index (χ0v) is 13.2. The number of amides is 1. The molecule has 1 aliphatic rings. The van der Waals surface area contributed by atoms with E-state index >= 15 is 0 Å². The van der Waals surface area contributed by atoms with Crippen LogP contribution in [0.15, 0.2) is 54.6 Å². The van der Waals surface area contributed by atoms with Gasteiger partial charge in [-0.05, 0) is 49.9 Å². The normalized spacial score (nSPS) is 20.7. The van der Waals surface area contributed by atoms with Crippen molar-refractivity contribution in [3.05, 3.63) is 60.2 Å². The maximum atomic E-state index is 12.6. The minimum Gasteiger partial charge on any atom is -0.355 e. The molecule has 23 heavy (non-hydrogen) atoms. The molecule has 0 bridgehead atoms. The zero-order chi connectivity index (χ0) is 16.1. The van der Waals surface area contributed by atoms with Crippen LogP contribution in [0.2, 0.25) is 0 Å². The Morgan fingerprint density at radius 3 is 2.30 bits per heavy atom. The topological polar surface area (TPSA) is 67.1 Å². The maximum absolute atomic E-state index is 12.6. The third kappa shape index (κ3) is 4.11. The minimum atomic E-state index is -0.0236. The first-order chi connectivity index (χ1) is 11.2. The van der Waals surface area contributed by atoms with Crippen LogP contribution in [-0.4, -0.2) is 18.0 Å². The highest BCUT2D eigenvalue weighted by Gasteiger charge is 2.21. The monoisotopic (exact) mass is 309 g/mol. The molecule has 0 heterocycles. The molecule has 0 spiro atoms. The molecule has 0 aliphatic heterocycles. The fourth-order valence-corrected chi connectivity index (χ4v) is 2.99. The smallest absolute Gasteiger partial charge is 0.253 e. The third-order valence-corrected chi connectivity index (χ3v) is 4.33. The molecule has 120 valence electrons. The lowest BCUT2D eigenvalue weighted by Crippen LogP contribution is -2.40. The van der Waals surface area contributed by atoms with E-state index in [0.29, 0.717) is 5.56 Å². The second kappa shape index (κ2) is 7.29. The van der Waals surface area contributed by atoms with Crippen LogP contribution in [0.4, 0.5) is 11.4 Å². The van der Waals surface area contributed by atoms with Gasteiger partial charge in [-0.25, -0.2) is 0 Å². The minimum absolute atomic E-state index is 0.0236. The average Bonchev–Trinajstić information content (AvgIpc) is 2.58. The van der Waals surface area contributed by atoms with E-state index < -0.39 is 0 Å². The summed E-state index contributed by atoms with van der Waals surface area (Å²) >= 11 is 0. The average molecular weight is 309 g/mol. The van der Waals surface area contributed by atoms with Crippen molar-refractivity contribution in [3.8, 4) is 0 Å². The largest absolute Gasteiger partial charge is 0.355 e. The van der Waals surface area contributed by atoms with E-state index in [1.165, 1.54) is 0 Å². The molecule has 4 nitrogen and oxygen atoms in total. The highest BCUT2D eigenvalue weighted by molar-refractivity contribution is 6.00. The molecule has 4 N–H and O–H groups in total. The summed E-state index contributed by atoms with van der Waals surface area (Å²) in [5.74, 6) is -0.0236. The van der Waals surface area contributed by atoms with Crippen LogP contribution in [-0.2, 0) is 0 Å². The van der Waals surface area contributed by atoms with Crippen LogP contribution < -0.4 is 16.4 Å². The zero-order valence-electron chi connectivity index (χ0n) is 13.2. The highest BCUT2D eigenvalue weighted by atomic mass is 16.1. The van der Waals surface area contributed by atoms with Crippen LogP contribution in [0.5, 0.6) is 0 Å². The van der Waals surface area contributed by atoms with E-state index in [4.69, 9.17) is 5.73 Å². The van der Waals surface area contributed by atoms with E-state index in [1.54, 1.807) is 0 Å². The Morgan fingerprint density at radius 1 is 0.913 bits per heavy atom. The molecule has 3 rings (SSSR count). The Morgan fingerprint density at radius 2 is 1.57 bits per heavy atom. The standard InChI is InChI=1S/C19H23N3O/c20-14-10-12-16(13-11-14)22-19(23)17-8-4-5-9-18(17)21-15-6-2-1-3-7-15/h1-9,14,16,21H,10-13,20H2,(H,22,23). The summed E-state index contributed by atoms with van der Waals surface area (Å²) in [5, 5.41) is 6.46. The first-order valence-electron chi connectivity index (χ1n) is 8.20. The van der Waals surface area contributed by atoms with Crippen molar-refractivity contribution in [2.24, 2.45) is 5.73 Å². The van der Waals surface area contributed by atoms with Crippen molar-refractivity contribution in [1.29, 1.82) is 0 Å². The van der Waals surface area contributed by atoms with Crippen LogP contribution in [0, 0.1) is 0 Å². The van der Waals surface area contributed by atoms with E-state index in [2.05, 4.69) is 10.6 Å². The number of carbonyl (C=O) groups excluding carboxylic acids is 1. The lowest BCUT2D eigenvalue weighted by molar-refractivity contribution is 0.0926. The first kappa shape index (κ1) is 15.6. The summed E-state index contributed by atoms with van der Waals surface area (Å²) in [6, 6.07) is 18.0. The Kier molecular flexibility index (Phi) is 4.93. The summed E-state index contributed by atoms with van der Waals surface area (Å²) in [5.41, 5.74) is 8.39. The van der Waals surface area contributed by atoms with Crippen molar-refractivity contribution in [1.82, 2.24) is 5.32 Å². The summed E-state index contributed by atoms with van der Waals surface area (Å²) < 4.78 is 0. The fourth-order valence-electron chi connectivity index (χ4n) is 2.99. The van der Waals surface area contributed by atoms with Crippen LogP contribution in [0.25, 0.3) is 0 Å². The third-order valence-electron chi connectivity index (χ3n) is 4.33. The SMILES string of the molecule is NC1CCC(NC(=O)c2ccccc2Nc2ccccc2)CC1. The number of para-hydroxylation sites is 2. The molecule has 0 unspecified atom stereocenters. The summed E-state index contributed by atoms with van der Waals surface area (Å²) in [4.78, 5) is 12.6. The molecule has 1 aliphatic carbocycles. The number of carbonyl (C=O) groups is 1. The molecule has 1 fully saturated rings. The molecule has 4 heteroatoms. The molecule has 1 saturated carbocycles. The highest BCUT2D eigenvalue weighted by Crippen LogP contribution is 2.22. The van der Waals surface area contributed by atoms with Gasteiger partial charge in [0, 0.05) is 17.8 Å². The number of hydrogen-bond acceptors (Lipinski definition) is 3. The van der Waals surface area contributed by atoms with Gasteiger partial charge < -0.3 is 16.4 Å². The number of nitrogens with two attached hydrogens (primary N) is 1. The fraction of sp³-hybridized carbons (Fsp3) is 0.316. The number of anilines is 2. The van der Waals surface area contributed by atoms with Crippen LogP contribution in [0.1, 0.15) is 36.0 Å². The molecule has 1 amide bonds. The summed E-state index contributed by atoms with van der Waals surface area (Å²) in [6.45, 7) is 0. The van der Waals surface area contributed by atoms with Gasteiger partial charge in [-0.3, -0.25) is 4.79 Å². The van der Waals surface area contributed by atoms with Crippen molar-refractivity contribution in [2.75, 3.05) is 5.32 Å². The number of rotatable bonds is 4. The van der Waals surface area contributed by atoms with Crippen molar-refractivity contribution in [2.45, 2.75) is 37.8 Å². The van der Waals surface area contributed by atoms with Gasteiger partial charge in [0.15, 0.2) is 0 Å². The Bertz CT molecular complexity index is 649. The van der Waals surface area contributed by atoms with Gasteiger partial charge in [0.05, 0.1) is 11.3 Å². The van der Waals surface area contributed by atoms with Gasteiger partial charge in [0.25, 0.3) is 5.91 Å². The molecule has 2 aromatic rings. The number of hydrogen-bond donors (Lipinski definition) is 3. The lowest BCUT2D eigenvalue weighted by atomic mass is 9.91. The van der Waals surface area contributed by atoms with E-state index in [0.717, 1.165) is 37.1 Å². The van der Waals surface area contributed by atoms with Gasteiger partial charge in [-0.2, -0.15) is 0 Å². The quantitative estimate of drug-likeness (QED) is 0.810. The summed E-state index contributed by atoms with van der Waals surface area (Å²) in [6.07, 6.45) is 3.88. The molecule has 0 aromatic heterocycles. The Hall–Kier alpha value is -2.33. The Labute approximate surface area is 137 Å². The summed E-state index contributed by atoms with van der Waals surface area (Å²) in [7, 11) is 0. The molecule has 0 saturated heterocycles.